The third-order valence-electron chi connectivity index (χ3n) is 6.47. The van der Waals surface area contributed by atoms with Crippen molar-refractivity contribution in [3.8, 4) is 0 Å². The first-order chi connectivity index (χ1) is 14.7. The van der Waals surface area contributed by atoms with Gasteiger partial charge in [0, 0.05) is 80.6 Å². The van der Waals surface area contributed by atoms with E-state index >= 15 is 0 Å². The molecular formula is C23H27N5O2. The molecule has 0 saturated carbocycles. The number of hydrogen-bond acceptors (Lipinski definition) is 5. The Labute approximate surface area is 175 Å². The van der Waals surface area contributed by atoms with Crippen LogP contribution in [-0.4, -0.2) is 58.5 Å². The van der Waals surface area contributed by atoms with E-state index < -0.39 is 0 Å². The summed E-state index contributed by atoms with van der Waals surface area (Å²) in [6.45, 7) is 7.03. The van der Waals surface area contributed by atoms with Gasteiger partial charge in [0.25, 0.3) is 5.69 Å². The van der Waals surface area contributed by atoms with Gasteiger partial charge < -0.3 is 10.3 Å². The molecule has 0 aliphatic carbocycles. The van der Waals surface area contributed by atoms with Gasteiger partial charge in [0.15, 0.2) is 0 Å². The van der Waals surface area contributed by atoms with E-state index in [1.165, 1.54) is 22.2 Å². The van der Waals surface area contributed by atoms with Crippen molar-refractivity contribution in [1.29, 1.82) is 0 Å². The average molecular weight is 406 g/mol. The van der Waals surface area contributed by atoms with Crippen LogP contribution in [-0.2, 0) is 19.5 Å². The molecular weight excluding hydrogens is 378 g/mol. The molecule has 156 valence electrons. The van der Waals surface area contributed by atoms with Crippen molar-refractivity contribution in [1.82, 2.24) is 20.1 Å². The number of aromatic amines is 1. The minimum atomic E-state index is -0.360. The molecule has 7 heteroatoms. The number of para-hydroxylation sites is 1. The van der Waals surface area contributed by atoms with Gasteiger partial charge in [-0.2, -0.15) is 0 Å². The van der Waals surface area contributed by atoms with Crippen LogP contribution in [0.3, 0.4) is 0 Å². The summed E-state index contributed by atoms with van der Waals surface area (Å²) in [6.07, 6.45) is 1.12. The summed E-state index contributed by atoms with van der Waals surface area (Å²) in [5, 5.41) is 15.6. The predicted octanol–water partition coefficient (Wildman–Crippen LogP) is 2.91. The quantitative estimate of drug-likeness (QED) is 0.375. The standard InChI is InChI=1S/C23H27N5O2/c29-28(30)18-7-5-17(6-8-18)14-24-9-10-26-11-12-27-16-23-21(13-19(27)15-26)20-3-1-2-4-22(20)25-23/h1-8,19,24-25H,9-16H2. The number of piperazine rings is 1. The van der Waals surface area contributed by atoms with Crippen LogP contribution in [0.1, 0.15) is 16.8 Å². The topological polar surface area (TPSA) is 77.4 Å². The molecule has 0 bridgehead atoms. The maximum absolute atomic E-state index is 10.7. The van der Waals surface area contributed by atoms with Crippen molar-refractivity contribution < 1.29 is 4.92 Å². The fraction of sp³-hybridized carbons (Fsp3) is 0.391. The number of benzene rings is 2. The largest absolute Gasteiger partial charge is 0.357 e. The molecule has 3 aromatic rings. The summed E-state index contributed by atoms with van der Waals surface area (Å²) < 4.78 is 0. The van der Waals surface area contributed by atoms with E-state index in [-0.39, 0.29) is 10.6 Å². The summed E-state index contributed by atoms with van der Waals surface area (Å²) in [7, 11) is 0. The summed E-state index contributed by atoms with van der Waals surface area (Å²) in [4.78, 5) is 19.2. The molecule has 0 spiro atoms. The summed E-state index contributed by atoms with van der Waals surface area (Å²) in [6, 6.07) is 16.0. The minimum absolute atomic E-state index is 0.141. The summed E-state index contributed by atoms with van der Waals surface area (Å²) in [5.41, 5.74) is 5.37. The van der Waals surface area contributed by atoms with Gasteiger partial charge in [-0.05, 0) is 23.6 Å². The zero-order valence-corrected chi connectivity index (χ0v) is 17.0. The number of rotatable bonds is 6. The van der Waals surface area contributed by atoms with E-state index in [0.29, 0.717) is 6.04 Å². The molecule has 0 amide bonds. The van der Waals surface area contributed by atoms with Crippen molar-refractivity contribution in [3.05, 3.63) is 75.5 Å². The number of non-ortho nitro benzene ring substituents is 1. The van der Waals surface area contributed by atoms with Crippen molar-refractivity contribution in [2.45, 2.75) is 25.6 Å². The van der Waals surface area contributed by atoms with Crippen LogP contribution in [0, 0.1) is 10.1 Å². The van der Waals surface area contributed by atoms with Crippen LogP contribution in [0.2, 0.25) is 0 Å². The number of nitro benzene ring substituents is 1. The van der Waals surface area contributed by atoms with Gasteiger partial charge in [0.05, 0.1) is 4.92 Å². The number of fused-ring (bicyclic) bond motifs is 4. The van der Waals surface area contributed by atoms with Gasteiger partial charge in [0.1, 0.15) is 0 Å². The highest BCUT2D eigenvalue weighted by Gasteiger charge is 2.32. The molecule has 7 nitrogen and oxygen atoms in total. The highest BCUT2D eigenvalue weighted by Crippen LogP contribution is 2.31. The van der Waals surface area contributed by atoms with Crippen molar-refractivity contribution in [3.63, 3.8) is 0 Å². The first-order valence-corrected chi connectivity index (χ1v) is 10.7. The van der Waals surface area contributed by atoms with Gasteiger partial charge in [0.2, 0.25) is 0 Å². The van der Waals surface area contributed by atoms with Gasteiger partial charge in [-0.15, -0.1) is 0 Å². The number of hydrogen-bond donors (Lipinski definition) is 2. The predicted molar refractivity (Wildman–Crippen MR) is 117 cm³/mol. The van der Waals surface area contributed by atoms with E-state index in [1.54, 1.807) is 12.1 Å². The molecule has 3 heterocycles. The molecule has 2 aliphatic rings. The second kappa shape index (κ2) is 8.18. The Kier molecular flexibility index (Phi) is 5.25. The van der Waals surface area contributed by atoms with Gasteiger partial charge >= 0.3 is 0 Å². The SMILES string of the molecule is O=[N+]([O-])c1ccc(CNCCN2CCN3Cc4[nH]c5ccccc5c4CC3C2)cc1. The zero-order valence-electron chi connectivity index (χ0n) is 17.0. The Morgan fingerprint density at radius 1 is 1.13 bits per heavy atom. The number of nitrogens with zero attached hydrogens (tertiary/aromatic N) is 3. The molecule has 1 aromatic heterocycles. The lowest BCUT2D eigenvalue weighted by Crippen LogP contribution is -2.56. The molecule has 1 saturated heterocycles. The van der Waals surface area contributed by atoms with E-state index in [4.69, 9.17) is 0 Å². The number of nitro groups is 1. The molecule has 2 N–H and O–H groups in total. The van der Waals surface area contributed by atoms with Crippen molar-refractivity contribution >= 4 is 16.6 Å². The summed E-state index contributed by atoms with van der Waals surface area (Å²) >= 11 is 0. The van der Waals surface area contributed by atoms with E-state index in [0.717, 1.165) is 57.8 Å². The fourth-order valence-corrected chi connectivity index (χ4v) is 4.83. The Morgan fingerprint density at radius 3 is 2.80 bits per heavy atom. The van der Waals surface area contributed by atoms with Crippen molar-refractivity contribution in [2.75, 3.05) is 32.7 Å². The highest BCUT2D eigenvalue weighted by atomic mass is 16.6. The number of H-pyrrole nitrogens is 1. The lowest BCUT2D eigenvalue weighted by molar-refractivity contribution is -0.384. The Morgan fingerprint density at radius 2 is 1.97 bits per heavy atom. The number of aromatic nitrogens is 1. The van der Waals surface area contributed by atoms with Crippen LogP contribution < -0.4 is 5.32 Å². The molecule has 30 heavy (non-hydrogen) atoms. The van der Waals surface area contributed by atoms with Gasteiger partial charge in [-0.1, -0.05) is 30.3 Å². The molecule has 2 aromatic carbocycles. The first-order valence-electron chi connectivity index (χ1n) is 10.7. The van der Waals surface area contributed by atoms with Crippen LogP contribution in [0.5, 0.6) is 0 Å². The van der Waals surface area contributed by atoms with E-state index in [9.17, 15) is 10.1 Å². The normalized spacial score (nSPS) is 19.5. The third-order valence-corrected chi connectivity index (χ3v) is 6.47. The second-order valence-corrected chi connectivity index (χ2v) is 8.36. The molecule has 0 radical (unpaired) electrons. The maximum atomic E-state index is 10.7. The van der Waals surface area contributed by atoms with Crippen LogP contribution in [0.4, 0.5) is 5.69 Å². The Bertz CT molecular complexity index is 1050. The lowest BCUT2D eigenvalue weighted by Gasteiger charge is -2.44. The zero-order chi connectivity index (χ0) is 20.5. The van der Waals surface area contributed by atoms with Crippen molar-refractivity contribution in [2.24, 2.45) is 0 Å². The fourth-order valence-electron chi connectivity index (χ4n) is 4.83. The maximum Gasteiger partial charge on any atom is 0.269 e. The monoisotopic (exact) mass is 405 g/mol. The average Bonchev–Trinajstić information content (AvgIpc) is 3.13. The molecule has 1 unspecified atom stereocenters. The van der Waals surface area contributed by atoms with Gasteiger partial charge in [-0.3, -0.25) is 19.9 Å². The van der Waals surface area contributed by atoms with Crippen LogP contribution in [0.15, 0.2) is 48.5 Å². The number of nitrogens with one attached hydrogen (secondary N) is 2. The van der Waals surface area contributed by atoms with Crippen LogP contribution in [0.25, 0.3) is 10.9 Å². The highest BCUT2D eigenvalue weighted by molar-refractivity contribution is 5.84. The smallest absolute Gasteiger partial charge is 0.269 e. The van der Waals surface area contributed by atoms with E-state index in [2.05, 4.69) is 44.4 Å². The minimum Gasteiger partial charge on any atom is -0.357 e. The Balaban J connectivity index is 1.13. The molecule has 2 aliphatic heterocycles. The third kappa shape index (κ3) is 3.84. The Hall–Kier alpha value is -2.74. The van der Waals surface area contributed by atoms with Gasteiger partial charge in [-0.25, -0.2) is 0 Å². The lowest BCUT2D eigenvalue weighted by atomic mass is 9.95. The molecule has 1 atom stereocenters. The summed E-state index contributed by atoms with van der Waals surface area (Å²) in [5.74, 6) is 0. The molecule has 1 fully saturated rings. The molecule has 5 rings (SSSR count). The van der Waals surface area contributed by atoms with E-state index in [1.807, 2.05) is 12.1 Å². The van der Waals surface area contributed by atoms with Crippen LogP contribution >= 0.6 is 0 Å². The second-order valence-electron chi connectivity index (χ2n) is 8.36. The first kappa shape index (κ1) is 19.2.